The number of nitrogens with zero attached hydrogens (tertiary/aromatic N) is 1. The van der Waals surface area contributed by atoms with Crippen LogP contribution < -0.4 is 0 Å². The van der Waals surface area contributed by atoms with E-state index in [-0.39, 0.29) is 0 Å². The van der Waals surface area contributed by atoms with Gasteiger partial charge in [0, 0.05) is 24.9 Å². The van der Waals surface area contributed by atoms with Gasteiger partial charge in [-0.25, -0.2) is 0 Å². The highest BCUT2D eigenvalue weighted by molar-refractivity contribution is 5.94. The van der Waals surface area contributed by atoms with E-state index in [1.807, 2.05) is 24.3 Å². The van der Waals surface area contributed by atoms with E-state index >= 15 is 0 Å². The molecule has 19 heavy (non-hydrogen) atoms. The number of carbonyl (C=O) groups is 1. The lowest BCUT2D eigenvalue weighted by Gasteiger charge is -2.31. The van der Waals surface area contributed by atoms with Gasteiger partial charge in [0.2, 0.25) is 0 Å². The summed E-state index contributed by atoms with van der Waals surface area (Å²) in [4.78, 5) is 12.7. The highest BCUT2D eigenvalue weighted by atomic mass is 19.4. The van der Waals surface area contributed by atoms with Crippen molar-refractivity contribution in [1.82, 2.24) is 4.90 Å². The van der Waals surface area contributed by atoms with E-state index in [0.717, 1.165) is 12.0 Å². The SMILES string of the molecule is C/C(=C/C(=O)C(F)(F)F)N1CCc2ccccc2C1. The Morgan fingerprint density at radius 1 is 1.26 bits per heavy atom. The van der Waals surface area contributed by atoms with Crippen LogP contribution in [0.5, 0.6) is 0 Å². The number of hydrogen-bond acceptors (Lipinski definition) is 2. The van der Waals surface area contributed by atoms with E-state index in [0.29, 0.717) is 24.9 Å². The molecule has 0 aromatic heterocycles. The van der Waals surface area contributed by atoms with Gasteiger partial charge in [0.05, 0.1) is 0 Å². The van der Waals surface area contributed by atoms with Crippen LogP contribution >= 0.6 is 0 Å². The van der Waals surface area contributed by atoms with Crippen molar-refractivity contribution in [1.29, 1.82) is 0 Å². The lowest BCUT2D eigenvalue weighted by atomic mass is 9.99. The molecule has 1 aliphatic rings. The molecule has 1 heterocycles. The van der Waals surface area contributed by atoms with Crippen LogP contribution in [0.1, 0.15) is 18.1 Å². The van der Waals surface area contributed by atoms with Crippen molar-refractivity contribution >= 4 is 5.78 Å². The molecule has 5 heteroatoms. The number of hydrogen-bond donors (Lipinski definition) is 0. The lowest BCUT2D eigenvalue weighted by molar-refractivity contribution is -0.165. The molecule has 102 valence electrons. The summed E-state index contributed by atoms with van der Waals surface area (Å²) in [5, 5.41) is 0. The highest BCUT2D eigenvalue weighted by Crippen LogP contribution is 2.23. The fraction of sp³-hybridized carbons (Fsp3) is 0.357. The van der Waals surface area contributed by atoms with Gasteiger partial charge in [-0.05, 0) is 24.5 Å². The molecule has 0 radical (unpaired) electrons. The number of halogens is 3. The zero-order valence-electron chi connectivity index (χ0n) is 10.5. The van der Waals surface area contributed by atoms with Crippen LogP contribution in [0.2, 0.25) is 0 Å². The Bertz CT molecular complexity index is 520. The summed E-state index contributed by atoms with van der Waals surface area (Å²) in [7, 11) is 0. The second-order valence-electron chi connectivity index (χ2n) is 4.59. The molecule has 1 aromatic carbocycles. The third-order valence-electron chi connectivity index (χ3n) is 3.25. The molecule has 1 aromatic rings. The first-order valence-corrected chi connectivity index (χ1v) is 5.99. The van der Waals surface area contributed by atoms with E-state index < -0.39 is 12.0 Å². The quantitative estimate of drug-likeness (QED) is 0.769. The standard InChI is InChI=1S/C14H14F3NO/c1-10(8-13(19)14(15,16)17)18-7-6-11-4-2-3-5-12(11)9-18/h2-5,8H,6-7,9H2,1H3/b10-8-. The van der Waals surface area contributed by atoms with Crippen molar-refractivity contribution in [3.63, 3.8) is 0 Å². The lowest BCUT2D eigenvalue weighted by Crippen LogP contribution is -2.30. The number of allylic oxidation sites excluding steroid dienone is 2. The largest absolute Gasteiger partial charge is 0.454 e. The van der Waals surface area contributed by atoms with Crippen molar-refractivity contribution in [3.05, 3.63) is 47.2 Å². The van der Waals surface area contributed by atoms with E-state index in [9.17, 15) is 18.0 Å². The average Bonchev–Trinajstić information content (AvgIpc) is 2.37. The Morgan fingerprint density at radius 3 is 2.53 bits per heavy atom. The highest BCUT2D eigenvalue weighted by Gasteiger charge is 2.36. The molecule has 2 nitrogen and oxygen atoms in total. The Labute approximate surface area is 109 Å². The zero-order chi connectivity index (χ0) is 14.0. The molecule has 1 aliphatic heterocycles. The van der Waals surface area contributed by atoms with Gasteiger partial charge < -0.3 is 4.90 Å². The third kappa shape index (κ3) is 3.16. The summed E-state index contributed by atoms with van der Waals surface area (Å²) in [6, 6.07) is 7.83. The molecule has 0 spiro atoms. The molecule has 0 atom stereocenters. The fourth-order valence-electron chi connectivity index (χ4n) is 2.16. The topological polar surface area (TPSA) is 20.3 Å². The summed E-state index contributed by atoms with van der Waals surface area (Å²) < 4.78 is 36.6. The van der Waals surface area contributed by atoms with Gasteiger partial charge in [-0.1, -0.05) is 24.3 Å². The van der Waals surface area contributed by atoms with Crippen molar-refractivity contribution in [2.75, 3.05) is 6.54 Å². The minimum Gasteiger partial charge on any atom is -0.370 e. The zero-order valence-corrected chi connectivity index (χ0v) is 10.5. The number of carbonyl (C=O) groups excluding carboxylic acids is 1. The summed E-state index contributed by atoms with van der Waals surface area (Å²) in [5.74, 6) is -1.80. The van der Waals surface area contributed by atoms with E-state index in [1.54, 1.807) is 4.90 Å². The van der Waals surface area contributed by atoms with Gasteiger partial charge in [-0.2, -0.15) is 13.2 Å². The minimum absolute atomic E-state index is 0.358. The molecular formula is C14H14F3NO. The van der Waals surface area contributed by atoms with Gasteiger partial charge in [0.15, 0.2) is 0 Å². The average molecular weight is 269 g/mol. The predicted molar refractivity (Wildman–Crippen MR) is 65.4 cm³/mol. The summed E-state index contributed by atoms with van der Waals surface area (Å²) >= 11 is 0. The van der Waals surface area contributed by atoms with E-state index in [4.69, 9.17) is 0 Å². The predicted octanol–water partition coefficient (Wildman–Crippen LogP) is 3.08. The first-order valence-electron chi connectivity index (χ1n) is 5.99. The molecule has 0 fully saturated rings. The Balaban J connectivity index is 2.13. The van der Waals surface area contributed by atoms with Crippen LogP contribution in [0.4, 0.5) is 13.2 Å². The Kier molecular flexibility index (Phi) is 3.64. The van der Waals surface area contributed by atoms with Gasteiger partial charge in [-0.15, -0.1) is 0 Å². The van der Waals surface area contributed by atoms with Crippen molar-refractivity contribution in [2.24, 2.45) is 0 Å². The van der Waals surface area contributed by atoms with E-state index in [2.05, 4.69) is 0 Å². The Hall–Kier alpha value is -1.78. The molecule has 0 saturated carbocycles. The number of benzene rings is 1. The minimum atomic E-state index is -4.80. The molecule has 0 saturated heterocycles. The first kappa shape index (κ1) is 13.6. The molecule has 2 rings (SSSR count). The van der Waals surface area contributed by atoms with Crippen LogP contribution in [-0.2, 0) is 17.8 Å². The molecular weight excluding hydrogens is 255 g/mol. The third-order valence-corrected chi connectivity index (χ3v) is 3.25. The van der Waals surface area contributed by atoms with Crippen LogP contribution in [0, 0.1) is 0 Å². The molecule has 0 bridgehead atoms. The Morgan fingerprint density at radius 2 is 1.89 bits per heavy atom. The smallest absolute Gasteiger partial charge is 0.370 e. The van der Waals surface area contributed by atoms with E-state index in [1.165, 1.54) is 12.5 Å². The number of rotatable bonds is 2. The first-order chi connectivity index (χ1) is 8.88. The number of fused-ring (bicyclic) bond motifs is 1. The summed E-state index contributed by atoms with van der Waals surface area (Å²) in [6.45, 7) is 2.71. The maximum atomic E-state index is 12.2. The van der Waals surface area contributed by atoms with Gasteiger partial charge in [-0.3, -0.25) is 4.79 Å². The van der Waals surface area contributed by atoms with Gasteiger partial charge in [0.1, 0.15) is 0 Å². The maximum absolute atomic E-state index is 12.2. The second kappa shape index (κ2) is 5.07. The summed E-state index contributed by atoms with van der Waals surface area (Å²) in [6.07, 6.45) is -3.34. The van der Waals surface area contributed by atoms with Gasteiger partial charge in [0.25, 0.3) is 5.78 Å². The van der Waals surface area contributed by atoms with Gasteiger partial charge >= 0.3 is 6.18 Å². The molecule has 0 aliphatic carbocycles. The van der Waals surface area contributed by atoms with Crippen molar-refractivity contribution < 1.29 is 18.0 Å². The van der Waals surface area contributed by atoms with Crippen LogP contribution in [-0.4, -0.2) is 23.4 Å². The molecule has 0 N–H and O–H groups in total. The number of ketones is 1. The molecule has 0 amide bonds. The van der Waals surface area contributed by atoms with Crippen LogP contribution in [0.15, 0.2) is 36.0 Å². The summed E-state index contributed by atoms with van der Waals surface area (Å²) in [5.41, 5.74) is 2.67. The van der Waals surface area contributed by atoms with Crippen LogP contribution in [0.25, 0.3) is 0 Å². The van der Waals surface area contributed by atoms with Crippen molar-refractivity contribution in [3.8, 4) is 0 Å². The normalized spacial score (nSPS) is 16.2. The second-order valence-corrected chi connectivity index (χ2v) is 4.59. The fourth-order valence-corrected chi connectivity index (χ4v) is 2.16. The monoisotopic (exact) mass is 269 g/mol. The van der Waals surface area contributed by atoms with Crippen molar-refractivity contribution in [2.45, 2.75) is 26.1 Å². The maximum Gasteiger partial charge on any atom is 0.454 e. The number of alkyl halides is 3. The molecule has 0 unspecified atom stereocenters. The van der Waals surface area contributed by atoms with Crippen LogP contribution in [0.3, 0.4) is 0 Å².